The van der Waals surface area contributed by atoms with Crippen LogP contribution in [0.5, 0.6) is 5.75 Å². The Morgan fingerprint density at radius 2 is 1.94 bits per heavy atom. The number of ether oxygens (including phenoxy) is 1. The van der Waals surface area contributed by atoms with Crippen LogP contribution in [-0.4, -0.2) is 13.7 Å². The van der Waals surface area contributed by atoms with E-state index in [-0.39, 0.29) is 0 Å². The minimum absolute atomic E-state index is 0.900. The van der Waals surface area contributed by atoms with Crippen LogP contribution in [-0.2, 0) is 0 Å². The summed E-state index contributed by atoms with van der Waals surface area (Å²) in [6.45, 7) is 4.75. The number of allylic oxidation sites excluding steroid dienone is 1. The third-order valence-electron chi connectivity index (χ3n) is 2.50. The molecule has 0 fully saturated rings. The Labute approximate surface area is 98.3 Å². The van der Waals surface area contributed by atoms with Crippen LogP contribution in [0.25, 0.3) is 0 Å². The fourth-order valence-corrected chi connectivity index (χ4v) is 1.53. The summed E-state index contributed by atoms with van der Waals surface area (Å²) in [6, 6.07) is 8.03. The van der Waals surface area contributed by atoms with Crippen molar-refractivity contribution in [2.45, 2.75) is 25.7 Å². The van der Waals surface area contributed by atoms with Gasteiger partial charge >= 0.3 is 0 Å². The Hall–Kier alpha value is -1.44. The van der Waals surface area contributed by atoms with E-state index >= 15 is 0 Å². The predicted molar refractivity (Wildman–Crippen MR) is 70.1 cm³/mol. The summed E-state index contributed by atoms with van der Waals surface area (Å²) in [5.74, 6) is 0.900. The van der Waals surface area contributed by atoms with Gasteiger partial charge in [0.2, 0.25) is 0 Å². The van der Waals surface area contributed by atoms with Crippen LogP contribution in [0.15, 0.2) is 36.9 Å². The lowest BCUT2D eigenvalue weighted by Crippen LogP contribution is -2.01. The van der Waals surface area contributed by atoms with Gasteiger partial charge in [-0.05, 0) is 43.5 Å². The van der Waals surface area contributed by atoms with E-state index in [9.17, 15) is 0 Å². The molecular formula is C14H21NO. The van der Waals surface area contributed by atoms with Gasteiger partial charge < -0.3 is 10.1 Å². The van der Waals surface area contributed by atoms with Crippen LogP contribution in [0, 0.1) is 0 Å². The second-order valence-corrected chi connectivity index (χ2v) is 3.79. The van der Waals surface area contributed by atoms with Crippen molar-refractivity contribution in [2.24, 2.45) is 0 Å². The van der Waals surface area contributed by atoms with Crippen molar-refractivity contribution >= 4 is 5.69 Å². The summed E-state index contributed by atoms with van der Waals surface area (Å²) < 4.78 is 5.10. The summed E-state index contributed by atoms with van der Waals surface area (Å²) >= 11 is 0. The maximum Gasteiger partial charge on any atom is 0.119 e. The normalized spacial score (nSPS) is 9.81. The average Bonchev–Trinajstić information content (AvgIpc) is 2.34. The van der Waals surface area contributed by atoms with Gasteiger partial charge in [0.25, 0.3) is 0 Å². The molecular weight excluding hydrogens is 198 g/mol. The third kappa shape index (κ3) is 4.87. The highest BCUT2D eigenvalue weighted by Gasteiger charge is 1.93. The molecule has 0 radical (unpaired) electrons. The Morgan fingerprint density at radius 3 is 2.56 bits per heavy atom. The van der Waals surface area contributed by atoms with Crippen molar-refractivity contribution < 1.29 is 4.74 Å². The molecule has 1 rings (SSSR count). The SMILES string of the molecule is C=CCCCCCNc1ccc(OC)cc1. The molecule has 2 nitrogen and oxygen atoms in total. The standard InChI is InChI=1S/C14H21NO/c1-3-4-5-6-7-12-15-13-8-10-14(16-2)11-9-13/h3,8-11,15H,1,4-7,12H2,2H3. The Kier molecular flexibility index (Phi) is 6.16. The lowest BCUT2D eigenvalue weighted by atomic mass is 10.2. The molecule has 1 N–H and O–H groups in total. The fraction of sp³-hybridized carbons (Fsp3) is 0.429. The number of benzene rings is 1. The van der Waals surface area contributed by atoms with Gasteiger partial charge in [-0.15, -0.1) is 6.58 Å². The molecule has 1 aromatic carbocycles. The number of anilines is 1. The summed E-state index contributed by atoms with van der Waals surface area (Å²) in [6.07, 6.45) is 6.82. The van der Waals surface area contributed by atoms with Gasteiger partial charge in [-0.3, -0.25) is 0 Å². The van der Waals surface area contributed by atoms with Crippen molar-refractivity contribution in [3.8, 4) is 5.75 Å². The number of nitrogens with one attached hydrogen (secondary N) is 1. The van der Waals surface area contributed by atoms with Crippen LogP contribution in [0.2, 0.25) is 0 Å². The fourth-order valence-electron chi connectivity index (χ4n) is 1.53. The minimum atomic E-state index is 0.900. The highest BCUT2D eigenvalue weighted by atomic mass is 16.5. The number of hydrogen-bond acceptors (Lipinski definition) is 2. The van der Waals surface area contributed by atoms with Crippen molar-refractivity contribution in [1.29, 1.82) is 0 Å². The van der Waals surface area contributed by atoms with E-state index in [2.05, 4.69) is 11.9 Å². The van der Waals surface area contributed by atoms with Gasteiger partial charge in [0.15, 0.2) is 0 Å². The van der Waals surface area contributed by atoms with Gasteiger partial charge in [0, 0.05) is 12.2 Å². The van der Waals surface area contributed by atoms with Gasteiger partial charge in [-0.1, -0.05) is 12.5 Å². The Morgan fingerprint density at radius 1 is 1.19 bits per heavy atom. The van der Waals surface area contributed by atoms with E-state index in [1.807, 2.05) is 30.3 Å². The van der Waals surface area contributed by atoms with E-state index in [0.717, 1.165) is 24.4 Å². The summed E-state index contributed by atoms with van der Waals surface area (Å²) in [5.41, 5.74) is 1.16. The van der Waals surface area contributed by atoms with Crippen molar-refractivity contribution in [2.75, 3.05) is 19.0 Å². The molecule has 0 amide bonds. The lowest BCUT2D eigenvalue weighted by Gasteiger charge is -2.06. The van der Waals surface area contributed by atoms with E-state index < -0.39 is 0 Å². The molecule has 0 unspecified atom stereocenters. The van der Waals surface area contributed by atoms with Gasteiger partial charge in [0.05, 0.1) is 7.11 Å². The van der Waals surface area contributed by atoms with Crippen LogP contribution < -0.4 is 10.1 Å². The number of unbranched alkanes of at least 4 members (excludes halogenated alkanes) is 3. The molecule has 0 aliphatic carbocycles. The van der Waals surface area contributed by atoms with Crippen molar-refractivity contribution in [3.05, 3.63) is 36.9 Å². The molecule has 0 spiro atoms. The average molecular weight is 219 g/mol. The second kappa shape index (κ2) is 7.80. The Balaban J connectivity index is 2.14. The zero-order chi connectivity index (χ0) is 11.6. The Bertz CT molecular complexity index is 292. The van der Waals surface area contributed by atoms with Crippen LogP contribution in [0.1, 0.15) is 25.7 Å². The summed E-state index contributed by atoms with van der Waals surface area (Å²) in [5, 5.41) is 3.39. The molecule has 0 bridgehead atoms. The van der Waals surface area contributed by atoms with Crippen molar-refractivity contribution in [1.82, 2.24) is 0 Å². The molecule has 0 saturated heterocycles. The highest BCUT2D eigenvalue weighted by molar-refractivity contribution is 5.46. The molecule has 0 aromatic heterocycles. The van der Waals surface area contributed by atoms with Gasteiger partial charge in [-0.2, -0.15) is 0 Å². The summed E-state index contributed by atoms with van der Waals surface area (Å²) in [7, 11) is 1.68. The smallest absolute Gasteiger partial charge is 0.119 e. The van der Waals surface area contributed by atoms with E-state index in [1.165, 1.54) is 19.3 Å². The largest absolute Gasteiger partial charge is 0.497 e. The van der Waals surface area contributed by atoms with Gasteiger partial charge in [0.1, 0.15) is 5.75 Å². The molecule has 0 heterocycles. The van der Waals surface area contributed by atoms with Crippen LogP contribution >= 0.6 is 0 Å². The number of methoxy groups -OCH3 is 1. The third-order valence-corrected chi connectivity index (χ3v) is 2.50. The predicted octanol–water partition coefficient (Wildman–Crippen LogP) is 3.85. The molecule has 0 saturated carbocycles. The van der Waals surface area contributed by atoms with Crippen LogP contribution in [0.4, 0.5) is 5.69 Å². The molecule has 0 atom stereocenters. The monoisotopic (exact) mass is 219 g/mol. The number of rotatable bonds is 8. The van der Waals surface area contributed by atoms with Crippen LogP contribution in [0.3, 0.4) is 0 Å². The first-order valence-corrected chi connectivity index (χ1v) is 5.85. The first kappa shape index (κ1) is 12.6. The van der Waals surface area contributed by atoms with Crippen molar-refractivity contribution in [3.63, 3.8) is 0 Å². The maximum atomic E-state index is 5.10. The maximum absolute atomic E-state index is 5.10. The molecule has 2 heteroatoms. The van der Waals surface area contributed by atoms with E-state index in [4.69, 9.17) is 4.74 Å². The molecule has 16 heavy (non-hydrogen) atoms. The molecule has 0 aliphatic rings. The quantitative estimate of drug-likeness (QED) is 0.529. The second-order valence-electron chi connectivity index (χ2n) is 3.79. The number of hydrogen-bond donors (Lipinski definition) is 1. The first-order chi connectivity index (χ1) is 7.86. The summed E-state index contributed by atoms with van der Waals surface area (Å²) in [4.78, 5) is 0. The molecule has 1 aromatic rings. The minimum Gasteiger partial charge on any atom is -0.497 e. The van der Waals surface area contributed by atoms with E-state index in [1.54, 1.807) is 7.11 Å². The topological polar surface area (TPSA) is 21.3 Å². The zero-order valence-electron chi connectivity index (χ0n) is 10.0. The first-order valence-electron chi connectivity index (χ1n) is 5.85. The van der Waals surface area contributed by atoms with E-state index in [0.29, 0.717) is 0 Å². The highest BCUT2D eigenvalue weighted by Crippen LogP contribution is 2.15. The lowest BCUT2D eigenvalue weighted by molar-refractivity contribution is 0.415. The zero-order valence-corrected chi connectivity index (χ0v) is 10.0. The molecule has 0 aliphatic heterocycles. The molecule has 88 valence electrons. The van der Waals surface area contributed by atoms with Gasteiger partial charge in [-0.25, -0.2) is 0 Å².